The Balaban J connectivity index is 0.00000162. The molecule has 0 bridgehead atoms. The Morgan fingerprint density at radius 2 is 1.83 bits per heavy atom. The minimum absolute atomic E-state index is 0. The van der Waals surface area contributed by atoms with Gasteiger partial charge in [-0.25, -0.2) is 0 Å². The molecule has 18 heavy (non-hydrogen) atoms. The predicted octanol–water partition coefficient (Wildman–Crippen LogP) is 3.72. The second-order valence-corrected chi connectivity index (χ2v) is 3.51. The number of nitrogens with one attached hydrogen (secondary N) is 1. The number of anilines is 1. The summed E-state index contributed by atoms with van der Waals surface area (Å²) in [5.74, 6) is 0. The van der Waals surface area contributed by atoms with E-state index in [1.165, 1.54) is 11.6 Å². The van der Waals surface area contributed by atoms with E-state index < -0.39 is 0 Å². The minimum atomic E-state index is 0. The van der Waals surface area contributed by atoms with Crippen molar-refractivity contribution in [2.24, 2.45) is 0 Å². The first-order valence-electron chi connectivity index (χ1n) is 5.36. The summed E-state index contributed by atoms with van der Waals surface area (Å²) in [6.07, 6.45) is 4.15. The Morgan fingerprint density at radius 1 is 1.06 bits per heavy atom. The van der Waals surface area contributed by atoms with Crippen LogP contribution in [-0.2, 0) is 20.1 Å². The van der Waals surface area contributed by atoms with Crippen molar-refractivity contribution >= 4 is 11.9 Å². The predicted molar refractivity (Wildman–Crippen MR) is 72.9 cm³/mol. The van der Waals surface area contributed by atoms with Gasteiger partial charge < -0.3 is 10.7 Å². The van der Waals surface area contributed by atoms with Crippen LogP contribution in [0.2, 0.25) is 0 Å². The number of nitrogens with zero attached hydrogens (tertiary/aromatic N) is 1. The molecule has 0 aromatic heterocycles. The molecule has 0 atom stereocenters. The van der Waals surface area contributed by atoms with Crippen molar-refractivity contribution in [3.63, 3.8) is 0 Å². The topological polar surface area (TPSA) is 34.3 Å². The number of allylic oxidation sites excluding steroid dienone is 1. The molecule has 0 spiro atoms. The van der Waals surface area contributed by atoms with Crippen molar-refractivity contribution in [3.8, 4) is 11.1 Å². The maximum Gasteiger partial charge on any atom is 0 e. The van der Waals surface area contributed by atoms with Gasteiger partial charge in [0.1, 0.15) is 0 Å². The molecule has 0 heterocycles. The van der Waals surface area contributed by atoms with E-state index in [1.54, 1.807) is 6.20 Å². The second-order valence-electron chi connectivity index (χ2n) is 3.51. The molecule has 0 unspecified atom stereocenters. The summed E-state index contributed by atoms with van der Waals surface area (Å²) in [6, 6.07) is 19.1. The molecule has 0 aliphatic carbocycles. The van der Waals surface area contributed by atoms with Crippen molar-refractivity contribution in [1.29, 1.82) is 0 Å². The van der Waals surface area contributed by atoms with E-state index in [9.17, 15) is 0 Å². The van der Waals surface area contributed by atoms with Gasteiger partial charge in [0.25, 0.3) is 0 Å². The molecule has 0 aliphatic rings. The zero-order chi connectivity index (χ0) is 11.9. The van der Waals surface area contributed by atoms with Crippen LogP contribution in [0.15, 0.2) is 60.8 Å². The monoisotopic (exact) mass is 413 g/mol. The molecule has 2 aromatic carbocycles. The van der Waals surface area contributed by atoms with Crippen molar-refractivity contribution < 1.29 is 20.1 Å². The second kappa shape index (κ2) is 7.59. The summed E-state index contributed by atoms with van der Waals surface area (Å²) in [5, 5.41) is 11.5. The SMILES string of the molecule is [Ir].[N-]=C/C=C\Nc1[c-]ccc(-c2ccccc2)c1. The van der Waals surface area contributed by atoms with Gasteiger partial charge in [0.05, 0.1) is 0 Å². The molecule has 0 aliphatic heterocycles. The number of hydrogen-bond donors (Lipinski definition) is 1. The standard InChI is InChI=1S/C15H12N2.Ir/c16-10-5-11-17-15-9-4-8-14(12-15)13-6-2-1-3-7-13;/h1-8,10-12,17H;/q-2;/b11-5-;. The van der Waals surface area contributed by atoms with Gasteiger partial charge >= 0.3 is 0 Å². The van der Waals surface area contributed by atoms with E-state index >= 15 is 0 Å². The first-order chi connectivity index (χ1) is 8.40. The number of rotatable bonds is 4. The van der Waals surface area contributed by atoms with Crippen LogP contribution in [-0.4, -0.2) is 6.21 Å². The zero-order valence-electron chi connectivity index (χ0n) is 9.63. The Bertz CT molecular complexity index is 521. The van der Waals surface area contributed by atoms with Gasteiger partial charge in [0.15, 0.2) is 0 Å². The molecule has 3 heteroatoms. The molecular formula is C15H12IrN2-2. The van der Waals surface area contributed by atoms with Crippen LogP contribution in [0.3, 0.4) is 0 Å². The summed E-state index contributed by atoms with van der Waals surface area (Å²) < 4.78 is 0. The summed E-state index contributed by atoms with van der Waals surface area (Å²) in [5.41, 5.74) is 3.17. The Hall–Kier alpha value is -1.70. The molecule has 0 saturated carbocycles. The fourth-order valence-corrected chi connectivity index (χ4v) is 1.54. The molecule has 1 radical (unpaired) electrons. The van der Waals surface area contributed by atoms with E-state index in [1.807, 2.05) is 36.4 Å². The molecule has 2 nitrogen and oxygen atoms in total. The smallest absolute Gasteiger partial charge is 0 e. The third-order valence-electron chi connectivity index (χ3n) is 2.33. The third kappa shape index (κ3) is 3.95. The van der Waals surface area contributed by atoms with Crippen molar-refractivity contribution in [2.45, 2.75) is 0 Å². The molecule has 0 saturated heterocycles. The number of hydrogen-bond acceptors (Lipinski definition) is 1. The van der Waals surface area contributed by atoms with Gasteiger partial charge in [-0.15, -0.1) is 11.6 Å². The Morgan fingerprint density at radius 3 is 2.56 bits per heavy atom. The zero-order valence-corrected chi connectivity index (χ0v) is 12.0. The fourth-order valence-electron chi connectivity index (χ4n) is 1.54. The Labute approximate surface area is 121 Å². The van der Waals surface area contributed by atoms with Crippen LogP contribution in [0.1, 0.15) is 0 Å². The van der Waals surface area contributed by atoms with Crippen molar-refractivity contribution in [3.05, 3.63) is 72.3 Å². The van der Waals surface area contributed by atoms with E-state index in [4.69, 9.17) is 5.41 Å². The number of benzene rings is 2. The van der Waals surface area contributed by atoms with Gasteiger partial charge in [-0.2, -0.15) is 24.4 Å². The molecule has 2 aromatic rings. The van der Waals surface area contributed by atoms with Gasteiger partial charge in [-0.05, 0) is 11.8 Å². The van der Waals surface area contributed by atoms with Crippen molar-refractivity contribution in [2.75, 3.05) is 5.32 Å². The molecule has 2 rings (SSSR count). The van der Waals surface area contributed by atoms with Crippen LogP contribution in [0.5, 0.6) is 0 Å². The van der Waals surface area contributed by atoms with E-state index in [0.29, 0.717) is 0 Å². The van der Waals surface area contributed by atoms with Gasteiger partial charge in [-0.3, -0.25) is 0 Å². The maximum atomic E-state index is 8.51. The molecule has 0 amide bonds. The largest absolute Gasteiger partial charge is 0.811 e. The van der Waals surface area contributed by atoms with Gasteiger partial charge in [-0.1, -0.05) is 42.1 Å². The van der Waals surface area contributed by atoms with Crippen LogP contribution in [0.25, 0.3) is 16.5 Å². The summed E-state index contributed by atoms with van der Waals surface area (Å²) in [7, 11) is 0. The van der Waals surface area contributed by atoms with E-state index in [0.717, 1.165) is 17.5 Å². The molecule has 0 fully saturated rings. The Kier molecular flexibility index (Phi) is 6.06. The average Bonchev–Trinajstić information content (AvgIpc) is 2.41. The quantitative estimate of drug-likeness (QED) is 0.603. The third-order valence-corrected chi connectivity index (χ3v) is 2.33. The molecule has 93 valence electrons. The van der Waals surface area contributed by atoms with Crippen molar-refractivity contribution in [1.82, 2.24) is 0 Å². The van der Waals surface area contributed by atoms with Crippen LogP contribution >= 0.6 is 0 Å². The average molecular weight is 412 g/mol. The van der Waals surface area contributed by atoms with Crippen LogP contribution in [0, 0.1) is 6.07 Å². The fraction of sp³-hybridized carbons (Fsp3) is 0. The first-order valence-corrected chi connectivity index (χ1v) is 5.36. The van der Waals surface area contributed by atoms with E-state index in [2.05, 4.69) is 23.5 Å². The van der Waals surface area contributed by atoms with Crippen LogP contribution in [0.4, 0.5) is 5.69 Å². The van der Waals surface area contributed by atoms with Crippen LogP contribution < -0.4 is 5.32 Å². The maximum absolute atomic E-state index is 8.51. The van der Waals surface area contributed by atoms with Gasteiger partial charge in [0, 0.05) is 20.1 Å². The summed E-state index contributed by atoms with van der Waals surface area (Å²) in [6.45, 7) is 0. The first kappa shape index (κ1) is 14.4. The molecule has 1 N–H and O–H groups in total. The van der Waals surface area contributed by atoms with Gasteiger partial charge in [0.2, 0.25) is 0 Å². The normalized spacial score (nSPS) is 9.78. The summed E-state index contributed by atoms with van der Waals surface area (Å²) >= 11 is 0. The van der Waals surface area contributed by atoms with E-state index in [-0.39, 0.29) is 20.1 Å². The molecular weight excluding hydrogens is 400 g/mol. The minimum Gasteiger partial charge on any atom is -0.811 e. The summed E-state index contributed by atoms with van der Waals surface area (Å²) in [4.78, 5) is 0.